The molecule has 0 N–H and O–H groups in total. The predicted octanol–water partition coefficient (Wildman–Crippen LogP) is 3.74. The quantitative estimate of drug-likeness (QED) is 0.812. The maximum absolute atomic E-state index is 12.8. The second kappa shape index (κ2) is 4.93. The predicted molar refractivity (Wildman–Crippen MR) is 80.0 cm³/mol. The highest BCUT2D eigenvalue weighted by atomic mass is 79.9. The van der Waals surface area contributed by atoms with Crippen LogP contribution in [0.5, 0.6) is 0 Å². The molecule has 2 fully saturated rings. The van der Waals surface area contributed by atoms with E-state index in [1.807, 2.05) is 12.1 Å². The number of halogens is 1. The highest BCUT2D eigenvalue weighted by Gasteiger charge is 2.53. The van der Waals surface area contributed by atoms with Gasteiger partial charge in [-0.05, 0) is 49.3 Å². The summed E-state index contributed by atoms with van der Waals surface area (Å²) >= 11 is 3.46. The molecule has 0 spiro atoms. The maximum Gasteiger partial charge on any atom is 0.233 e. The van der Waals surface area contributed by atoms with Gasteiger partial charge in [0.05, 0.1) is 5.41 Å². The highest BCUT2D eigenvalue weighted by Crippen LogP contribution is 2.50. The molecular formula is C16H20BrNO. The van der Waals surface area contributed by atoms with Crippen molar-refractivity contribution < 1.29 is 4.79 Å². The molecule has 1 aromatic rings. The third-order valence-corrected chi connectivity index (χ3v) is 5.16. The summed E-state index contributed by atoms with van der Waals surface area (Å²) in [5.41, 5.74) is 1.00. The summed E-state index contributed by atoms with van der Waals surface area (Å²) in [6.45, 7) is 4.17. The van der Waals surface area contributed by atoms with E-state index in [2.05, 4.69) is 39.9 Å². The number of likely N-dealkylation sites (tertiary alicyclic amines) is 1. The topological polar surface area (TPSA) is 20.3 Å². The van der Waals surface area contributed by atoms with Gasteiger partial charge < -0.3 is 4.90 Å². The third kappa shape index (κ3) is 2.45. The lowest BCUT2D eigenvalue weighted by Crippen LogP contribution is -2.43. The lowest BCUT2D eigenvalue weighted by atomic mass is 9.92. The monoisotopic (exact) mass is 321 g/mol. The Kier molecular flexibility index (Phi) is 3.42. The van der Waals surface area contributed by atoms with Crippen LogP contribution in [-0.2, 0) is 10.2 Å². The van der Waals surface area contributed by atoms with Gasteiger partial charge >= 0.3 is 0 Å². The summed E-state index contributed by atoms with van der Waals surface area (Å²) in [7, 11) is 0. The van der Waals surface area contributed by atoms with Crippen LogP contribution in [0, 0.1) is 5.92 Å². The summed E-state index contributed by atoms with van der Waals surface area (Å²) in [5, 5.41) is 0. The Hall–Kier alpha value is -0.830. The first-order valence-electron chi connectivity index (χ1n) is 7.17. The Morgan fingerprint density at radius 3 is 2.32 bits per heavy atom. The van der Waals surface area contributed by atoms with Crippen LogP contribution in [0.15, 0.2) is 28.7 Å². The minimum absolute atomic E-state index is 0.193. The first-order valence-corrected chi connectivity index (χ1v) is 7.96. The van der Waals surface area contributed by atoms with E-state index in [1.54, 1.807) is 0 Å². The molecule has 0 unspecified atom stereocenters. The summed E-state index contributed by atoms with van der Waals surface area (Å²) in [5.74, 6) is 1.13. The SMILES string of the molecule is CC1CCN(C(=O)C2(c3ccc(Br)cc3)CC2)CC1. The molecule has 3 heteroatoms. The first kappa shape index (κ1) is 13.2. The molecule has 2 nitrogen and oxygen atoms in total. The Morgan fingerprint density at radius 1 is 1.21 bits per heavy atom. The van der Waals surface area contributed by atoms with Crippen LogP contribution in [0.2, 0.25) is 0 Å². The average molecular weight is 322 g/mol. The second-order valence-electron chi connectivity index (χ2n) is 6.06. The molecule has 1 heterocycles. The van der Waals surface area contributed by atoms with Crippen molar-refractivity contribution in [2.75, 3.05) is 13.1 Å². The Labute approximate surface area is 123 Å². The third-order valence-electron chi connectivity index (χ3n) is 4.63. The molecule has 0 aromatic heterocycles. The van der Waals surface area contributed by atoms with Crippen LogP contribution in [0.1, 0.15) is 38.2 Å². The average Bonchev–Trinajstić information content (AvgIpc) is 3.21. The Balaban J connectivity index is 1.77. The Morgan fingerprint density at radius 2 is 1.79 bits per heavy atom. The molecule has 0 bridgehead atoms. The van der Waals surface area contributed by atoms with Crippen molar-refractivity contribution in [3.63, 3.8) is 0 Å². The zero-order valence-corrected chi connectivity index (χ0v) is 12.9. The van der Waals surface area contributed by atoms with Crippen molar-refractivity contribution in [2.24, 2.45) is 5.92 Å². The fourth-order valence-corrected chi connectivity index (χ4v) is 3.30. The largest absolute Gasteiger partial charge is 0.342 e. The lowest BCUT2D eigenvalue weighted by molar-refractivity contribution is -0.135. The lowest BCUT2D eigenvalue weighted by Gasteiger charge is -2.33. The summed E-state index contributed by atoms with van der Waals surface area (Å²) in [6.07, 6.45) is 4.34. The van der Waals surface area contributed by atoms with E-state index in [0.717, 1.165) is 49.2 Å². The standard InChI is InChI=1S/C16H20BrNO/c1-12-6-10-18(11-7-12)15(19)16(8-9-16)13-2-4-14(17)5-3-13/h2-5,12H,6-11H2,1H3. The fraction of sp³-hybridized carbons (Fsp3) is 0.562. The van der Waals surface area contributed by atoms with Gasteiger partial charge in [0, 0.05) is 17.6 Å². The van der Waals surface area contributed by atoms with Crippen LogP contribution in [0.3, 0.4) is 0 Å². The van der Waals surface area contributed by atoms with E-state index in [-0.39, 0.29) is 5.41 Å². The number of nitrogens with zero attached hydrogens (tertiary/aromatic N) is 1. The molecule has 19 heavy (non-hydrogen) atoms. The second-order valence-corrected chi connectivity index (χ2v) is 6.98. The van der Waals surface area contributed by atoms with Crippen LogP contribution in [0.25, 0.3) is 0 Å². The van der Waals surface area contributed by atoms with Gasteiger partial charge in [0.2, 0.25) is 5.91 Å². The normalized spacial score (nSPS) is 22.3. The number of amides is 1. The summed E-state index contributed by atoms with van der Waals surface area (Å²) < 4.78 is 1.08. The number of hydrogen-bond acceptors (Lipinski definition) is 1. The van der Waals surface area contributed by atoms with Crippen molar-refractivity contribution in [1.29, 1.82) is 0 Å². The molecule has 0 atom stereocenters. The van der Waals surface area contributed by atoms with E-state index in [4.69, 9.17) is 0 Å². The molecule has 102 valence electrons. The first-order chi connectivity index (χ1) is 9.12. The maximum atomic E-state index is 12.8. The van der Waals surface area contributed by atoms with E-state index in [9.17, 15) is 4.79 Å². The van der Waals surface area contributed by atoms with Gasteiger partial charge in [-0.25, -0.2) is 0 Å². The van der Waals surface area contributed by atoms with Crippen molar-refractivity contribution in [2.45, 2.75) is 38.0 Å². The van der Waals surface area contributed by atoms with Gasteiger partial charge in [0.15, 0.2) is 0 Å². The molecule has 3 rings (SSSR count). The van der Waals surface area contributed by atoms with Gasteiger partial charge in [-0.3, -0.25) is 4.79 Å². The molecule has 0 radical (unpaired) electrons. The molecule has 2 aliphatic rings. The summed E-state index contributed by atoms with van der Waals surface area (Å²) in [6, 6.07) is 8.28. The van der Waals surface area contributed by atoms with Gasteiger partial charge in [-0.15, -0.1) is 0 Å². The van der Waals surface area contributed by atoms with E-state index < -0.39 is 0 Å². The number of carbonyl (C=O) groups excluding carboxylic acids is 1. The van der Waals surface area contributed by atoms with Crippen molar-refractivity contribution in [3.05, 3.63) is 34.3 Å². The van der Waals surface area contributed by atoms with Gasteiger partial charge in [0.1, 0.15) is 0 Å². The minimum atomic E-state index is -0.193. The van der Waals surface area contributed by atoms with Crippen molar-refractivity contribution in [1.82, 2.24) is 4.90 Å². The van der Waals surface area contributed by atoms with Crippen molar-refractivity contribution in [3.8, 4) is 0 Å². The van der Waals surface area contributed by atoms with E-state index in [0.29, 0.717) is 5.91 Å². The van der Waals surface area contributed by atoms with Crippen LogP contribution in [-0.4, -0.2) is 23.9 Å². The molecule has 1 aliphatic carbocycles. The fourth-order valence-electron chi connectivity index (χ4n) is 3.03. The minimum Gasteiger partial charge on any atom is -0.342 e. The molecule has 1 aliphatic heterocycles. The van der Waals surface area contributed by atoms with Gasteiger partial charge in [-0.1, -0.05) is 35.0 Å². The van der Waals surface area contributed by atoms with Crippen LogP contribution < -0.4 is 0 Å². The van der Waals surface area contributed by atoms with Crippen LogP contribution >= 0.6 is 15.9 Å². The molecule has 1 aromatic carbocycles. The summed E-state index contributed by atoms with van der Waals surface area (Å²) in [4.78, 5) is 14.9. The number of rotatable bonds is 2. The van der Waals surface area contributed by atoms with Gasteiger partial charge in [0.25, 0.3) is 0 Å². The number of carbonyl (C=O) groups is 1. The van der Waals surface area contributed by atoms with E-state index >= 15 is 0 Å². The molecule has 1 amide bonds. The highest BCUT2D eigenvalue weighted by molar-refractivity contribution is 9.10. The smallest absolute Gasteiger partial charge is 0.233 e. The van der Waals surface area contributed by atoms with Crippen LogP contribution in [0.4, 0.5) is 0 Å². The molecule has 1 saturated heterocycles. The van der Waals surface area contributed by atoms with Crippen molar-refractivity contribution >= 4 is 21.8 Å². The molecule has 1 saturated carbocycles. The number of piperidine rings is 1. The number of hydrogen-bond donors (Lipinski definition) is 0. The zero-order chi connectivity index (χ0) is 13.5. The zero-order valence-electron chi connectivity index (χ0n) is 11.4. The molecular weight excluding hydrogens is 302 g/mol. The van der Waals surface area contributed by atoms with Gasteiger partial charge in [-0.2, -0.15) is 0 Å². The van der Waals surface area contributed by atoms with E-state index in [1.165, 1.54) is 5.56 Å². The number of benzene rings is 1. The Bertz CT molecular complexity index is 470.